The van der Waals surface area contributed by atoms with E-state index in [1.807, 2.05) is 22.9 Å². The average molecular weight is 273 g/mol. The van der Waals surface area contributed by atoms with Crippen molar-refractivity contribution in [1.29, 1.82) is 0 Å². The van der Waals surface area contributed by atoms with Gasteiger partial charge < -0.3 is 9.84 Å². The number of aryl methyl sites for hydroxylation is 1. The van der Waals surface area contributed by atoms with Gasteiger partial charge in [-0.2, -0.15) is 5.10 Å². The SMILES string of the molecule is CCCn1ncnc1COc1cccc2c1CCC2O. The first-order valence-corrected chi connectivity index (χ1v) is 7.09. The summed E-state index contributed by atoms with van der Waals surface area (Å²) < 4.78 is 7.77. The van der Waals surface area contributed by atoms with Gasteiger partial charge in [-0.25, -0.2) is 9.67 Å². The maximum Gasteiger partial charge on any atom is 0.164 e. The third kappa shape index (κ3) is 2.41. The molecule has 1 atom stereocenters. The number of aliphatic hydroxyl groups excluding tert-OH is 1. The Morgan fingerprint density at radius 3 is 3.20 bits per heavy atom. The second kappa shape index (κ2) is 5.63. The molecule has 1 N–H and O–H groups in total. The highest BCUT2D eigenvalue weighted by Gasteiger charge is 2.23. The van der Waals surface area contributed by atoms with Crippen LogP contribution < -0.4 is 4.74 Å². The second-order valence-corrected chi connectivity index (χ2v) is 5.07. The van der Waals surface area contributed by atoms with Gasteiger partial charge in [-0.1, -0.05) is 19.1 Å². The second-order valence-electron chi connectivity index (χ2n) is 5.07. The lowest BCUT2D eigenvalue weighted by molar-refractivity contribution is 0.180. The van der Waals surface area contributed by atoms with Crippen molar-refractivity contribution in [1.82, 2.24) is 14.8 Å². The summed E-state index contributed by atoms with van der Waals surface area (Å²) in [6.45, 7) is 3.37. The zero-order chi connectivity index (χ0) is 13.9. The fraction of sp³-hybridized carbons (Fsp3) is 0.467. The lowest BCUT2D eigenvalue weighted by Gasteiger charge is -2.11. The standard InChI is InChI=1S/C15H19N3O2/c1-2-8-18-15(16-10-17-18)9-20-14-5-3-4-11-12(14)6-7-13(11)19/h3-5,10,13,19H,2,6-9H2,1H3. The van der Waals surface area contributed by atoms with Gasteiger partial charge in [0.25, 0.3) is 0 Å². The number of fused-ring (bicyclic) bond motifs is 1. The Hall–Kier alpha value is -1.88. The first kappa shape index (κ1) is 13.1. The Labute approximate surface area is 118 Å². The maximum absolute atomic E-state index is 9.89. The quantitative estimate of drug-likeness (QED) is 0.907. The van der Waals surface area contributed by atoms with Crippen LogP contribution in [0.5, 0.6) is 5.75 Å². The minimum absolute atomic E-state index is 0.350. The van der Waals surface area contributed by atoms with Crippen molar-refractivity contribution in [3.8, 4) is 5.75 Å². The minimum atomic E-state index is -0.350. The van der Waals surface area contributed by atoms with Crippen LogP contribution in [0.2, 0.25) is 0 Å². The summed E-state index contributed by atoms with van der Waals surface area (Å²) in [5.74, 6) is 1.69. The van der Waals surface area contributed by atoms with E-state index in [1.165, 1.54) is 0 Å². The molecule has 3 rings (SSSR count). The molecule has 0 aliphatic heterocycles. The largest absolute Gasteiger partial charge is 0.485 e. The Balaban J connectivity index is 1.75. The van der Waals surface area contributed by atoms with Crippen LogP contribution in [0.15, 0.2) is 24.5 Å². The summed E-state index contributed by atoms with van der Waals surface area (Å²) in [6, 6.07) is 5.86. The summed E-state index contributed by atoms with van der Waals surface area (Å²) in [4.78, 5) is 4.24. The predicted octanol–water partition coefficient (Wildman–Crippen LogP) is 2.25. The number of aliphatic hydroxyl groups is 1. The molecule has 20 heavy (non-hydrogen) atoms. The summed E-state index contributed by atoms with van der Waals surface area (Å²) in [5, 5.41) is 14.1. The zero-order valence-corrected chi connectivity index (χ0v) is 11.6. The van der Waals surface area contributed by atoms with Crippen LogP contribution in [-0.4, -0.2) is 19.9 Å². The third-order valence-corrected chi connectivity index (χ3v) is 3.68. The molecular weight excluding hydrogens is 254 g/mol. The Bertz CT molecular complexity index is 595. The molecule has 2 aromatic rings. The molecule has 0 spiro atoms. The van der Waals surface area contributed by atoms with Gasteiger partial charge in [-0.3, -0.25) is 0 Å². The van der Waals surface area contributed by atoms with E-state index in [2.05, 4.69) is 17.0 Å². The molecule has 0 radical (unpaired) electrons. The molecule has 0 saturated heterocycles. The van der Waals surface area contributed by atoms with Gasteiger partial charge in [0.1, 0.15) is 18.7 Å². The van der Waals surface area contributed by atoms with Gasteiger partial charge >= 0.3 is 0 Å². The highest BCUT2D eigenvalue weighted by atomic mass is 16.5. The van der Waals surface area contributed by atoms with E-state index in [1.54, 1.807) is 6.33 Å². The maximum atomic E-state index is 9.89. The summed E-state index contributed by atoms with van der Waals surface area (Å²) >= 11 is 0. The highest BCUT2D eigenvalue weighted by molar-refractivity contribution is 5.44. The van der Waals surface area contributed by atoms with E-state index < -0.39 is 0 Å². The normalized spacial score (nSPS) is 17.2. The molecule has 0 amide bonds. The molecule has 1 aliphatic rings. The highest BCUT2D eigenvalue weighted by Crippen LogP contribution is 2.36. The molecule has 1 aromatic carbocycles. The van der Waals surface area contributed by atoms with E-state index in [0.717, 1.165) is 48.5 Å². The summed E-state index contributed by atoms with van der Waals surface area (Å²) in [6.07, 6.45) is 3.88. The van der Waals surface area contributed by atoms with Crippen LogP contribution in [0.4, 0.5) is 0 Å². The van der Waals surface area contributed by atoms with Crippen molar-refractivity contribution in [2.24, 2.45) is 0 Å². The fourth-order valence-electron chi connectivity index (χ4n) is 2.67. The molecule has 1 aromatic heterocycles. The van der Waals surface area contributed by atoms with E-state index in [-0.39, 0.29) is 6.10 Å². The Kier molecular flexibility index (Phi) is 3.69. The Morgan fingerprint density at radius 1 is 1.45 bits per heavy atom. The third-order valence-electron chi connectivity index (χ3n) is 3.68. The van der Waals surface area contributed by atoms with Gasteiger partial charge in [0, 0.05) is 12.1 Å². The van der Waals surface area contributed by atoms with Crippen molar-refractivity contribution >= 4 is 0 Å². The topological polar surface area (TPSA) is 60.2 Å². The van der Waals surface area contributed by atoms with Gasteiger partial charge in [0.05, 0.1) is 6.10 Å². The van der Waals surface area contributed by atoms with Crippen LogP contribution in [0.1, 0.15) is 42.8 Å². The van der Waals surface area contributed by atoms with Crippen molar-refractivity contribution < 1.29 is 9.84 Å². The van der Waals surface area contributed by atoms with Crippen LogP contribution in [-0.2, 0) is 19.6 Å². The van der Waals surface area contributed by atoms with Gasteiger partial charge in [-0.15, -0.1) is 0 Å². The van der Waals surface area contributed by atoms with Crippen LogP contribution >= 0.6 is 0 Å². The average Bonchev–Trinajstić information content (AvgIpc) is 3.05. The molecule has 1 aliphatic carbocycles. The fourth-order valence-corrected chi connectivity index (χ4v) is 2.67. The molecule has 0 fully saturated rings. The first-order chi connectivity index (χ1) is 9.79. The lowest BCUT2D eigenvalue weighted by Crippen LogP contribution is -2.09. The van der Waals surface area contributed by atoms with Crippen molar-refractivity contribution in [2.45, 2.75) is 45.4 Å². The molecule has 5 heteroatoms. The number of hydrogen-bond donors (Lipinski definition) is 1. The number of ether oxygens (including phenoxy) is 1. The number of benzene rings is 1. The summed E-state index contributed by atoms with van der Waals surface area (Å²) in [7, 11) is 0. The van der Waals surface area contributed by atoms with Gasteiger partial charge in [0.15, 0.2) is 5.82 Å². The zero-order valence-electron chi connectivity index (χ0n) is 11.6. The smallest absolute Gasteiger partial charge is 0.164 e. The van der Waals surface area contributed by atoms with Crippen molar-refractivity contribution in [2.75, 3.05) is 0 Å². The number of nitrogens with zero attached hydrogens (tertiary/aromatic N) is 3. The van der Waals surface area contributed by atoms with Crippen molar-refractivity contribution in [3.63, 3.8) is 0 Å². The molecule has 0 bridgehead atoms. The van der Waals surface area contributed by atoms with E-state index >= 15 is 0 Å². The minimum Gasteiger partial charge on any atom is -0.485 e. The van der Waals surface area contributed by atoms with Gasteiger partial charge in [0.2, 0.25) is 0 Å². The van der Waals surface area contributed by atoms with Crippen LogP contribution in [0.3, 0.4) is 0 Å². The molecular formula is C15H19N3O2. The van der Waals surface area contributed by atoms with E-state index in [9.17, 15) is 5.11 Å². The number of aromatic nitrogens is 3. The lowest BCUT2D eigenvalue weighted by atomic mass is 10.1. The molecule has 5 nitrogen and oxygen atoms in total. The summed E-state index contributed by atoms with van der Waals surface area (Å²) in [5.41, 5.74) is 2.12. The predicted molar refractivity (Wildman–Crippen MR) is 74.4 cm³/mol. The first-order valence-electron chi connectivity index (χ1n) is 7.09. The van der Waals surface area contributed by atoms with Gasteiger partial charge in [-0.05, 0) is 30.9 Å². The Morgan fingerprint density at radius 2 is 2.35 bits per heavy atom. The monoisotopic (exact) mass is 273 g/mol. The molecule has 106 valence electrons. The molecule has 0 saturated carbocycles. The molecule has 1 heterocycles. The number of hydrogen-bond acceptors (Lipinski definition) is 4. The van der Waals surface area contributed by atoms with Crippen LogP contribution in [0, 0.1) is 0 Å². The molecule has 1 unspecified atom stereocenters. The van der Waals surface area contributed by atoms with Crippen LogP contribution in [0.25, 0.3) is 0 Å². The van der Waals surface area contributed by atoms with Crippen molar-refractivity contribution in [3.05, 3.63) is 41.5 Å². The van der Waals surface area contributed by atoms with E-state index in [4.69, 9.17) is 4.74 Å². The van der Waals surface area contributed by atoms with E-state index in [0.29, 0.717) is 6.61 Å². The number of rotatable bonds is 5.